The number of benzene rings is 2. The third-order valence-corrected chi connectivity index (χ3v) is 5.33. The van der Waals surface area contributed by atoms with E-state index in [1.165, 1.54) is 11.1 Å². The lowest BCUT2D eigenvalue weighted by molar-refractivity contribution is 0.644. The number of para-hydroxylation sites is 1. The monoisotopic (exact) mass is 385 g/mol. The van der Waals surface area contributed by atoms with Gasteiger partial charge in [-0.2, -0.15) is 10.1 Å². The van der Waals surface area contributed by atoms with Crippen LogP contribution in [0.3, 0.4) is 0 Å². The second-order valence-corrected chi connectivity index (χ2v) is 7.38. The average molecular weight is 385 g/mol. The Hall–Kier alpha value is -3.45. The Balaban J connectivity index is 1.44. The van der Waals surface area contributed by atoms with Crippen molar-refractivity contribution in [2.45, 2.75) is 19.9 Å². The molecule has 5 rings (SSSR count). The standard InChI is InChI=1S/C22H23N7/c1-14-5-3-4-6-19(14)26-22-24-13-18-20(28-29(2)21(18)27-22)25-17-8-7-15-9-10-23-12-16(15)11-17/h3-8,11,13,23H,9-10,12H2,1-2H3,(H,25,28)(H,24,26,27). The predicted molar refractivity (Wildman–Crippen MR) is 116 cm³/mol. The van der Waals surface area contributed by atoms with E-state index in [0.29, 0.717) is 5.95 Å². The predicted octanol–water partition coefficient (Wildman–Crippen LogP) is 3.80. The van der Waals surface area contributed by atoms with Crippen LogP contribution in [-0.4, -0.2) is 26.3 Å². The minimum absolute atomic E-state index is 0.557. The van der Waals surface area contributed by atoms with Crippen LogP contribution in [0.25, 0.3) is 11.0 Å². The topological polar surface area (TPSA) is 79.7 Å². The molecule has 1 aliphatic rings. The van der Waals surface area contributed by atoms with Crippen molar-refractivity contribution in [1.29, 1.82) is 0 Å². The van der Waals surface area contributed by atoms with Crippen molar-refractivity contribution in [2.24, 2.45) is 7.05 Å². The van der Waals surface area contributed by atoms with Crippen molar-refractivity contribution < 1.29 is 0 Å². The number of nitrogens with one attached hydrogen (secondary N) is 3. The number of nitrogens with zero attached hydrogens (tertiary/aromatic N) is 4. The molecule has 7 nitrogen and oxygen atoms in total. The van der Waals surface area contributed by atoms with Gasteiger partial charge >= 0.3 is 0 Å². The number of hydrogen-bond acceptors (Lipinski definition) is 6. The van der Waals surface area contributed by atoms with E-state index in [4.69, 9.17) is 0 Å². The van der Waals surface area contributed by atoms with Gasteiger partial charge in [0.25, 0.3) is 0 Å². The molecular weight excluding hydrogens is 362 g/mol. The molecule has 0 fully saturated rings. The summed E-state index contributed by atoms with van der Waals surface area (Å²) in [7, 11) is 1.90. The first-order valence-electron chi connectivity index (χ1n) is 9.79. The lowest BCUT2D eigenvalue weighted by atomic mass is 10.0. The van der Waals surface area contributed by atoms with Crippen molar-refractivity contribution in [3.8, 4) is 0 Å². The molecule has 0 atom stereocenters. The molecule has 3 heterocycles. The maximum absolute atomic E-state index is 4.67. The highest BCUT2D eigenvalue weighted by Crippen LogP contribution is 2.27. The highest BCUT2D eigenvalue weighted by atomic mass is 15.3. The number of fused-ring (bicyclic) bond motifs is 2. The van der Waals surface area contributed by atoms with Gasteiger partial charge in [0.2, 0.25) is 5.95 Å². The second kappa shape index (κ2) is 7.18. The molecule has 0 saturated heterocycles. The normalized spacial score (nSPS) is 13.3. The van der Waals surface area contributed by atoms with E-state index in [1.807, 2.05) is 31.4 Å². The van der Waals surface area contributed by atoms with Crippen LogP contribution >= 0.6 is 0 Å². The lowest BCUT2D eigenvalue weighted by Crippen LogP contribution is -2.23. The molecule has 0 amide bonds. The molecule has 29 heavy (non-hydrogen) atoms. The third-order valence-electron chi connectivity index (χ3n) is 5.33. The number of rotatable bonds is 4. The Morgan fingerprint density at radius 2 is 1.97 bits per heavy atom. The highest BCUT2D eigenvalue weighted by molar-refractivity contribution is 5.89. The Morgan fingerprint density at radius 3 is 2.86 bits per heavy atom. The maximum atomic E-state index is 4.67. The Morgan fingerprint density at radius 1 is 1.07 bits per heavy atom. The Labute approximate surface area is 169 Å². The summed E-state index contributed by atoms with van der Waals surface area (Å²) >= 11 is 0. The zero-order valence-electron chi connectivity index (χ0n) is 16.5. The molecule has 2 aromatic heterocycles. The fraction of sp³-hybridized carbons (Fsp3) is 0.227. The van der Waals surface area contributed by atoms with Crippen molar-refractivity contribution in [1.82, 2.24) is 25.1 Å². The number of anilines is 4. The van der Waals surface area contributed by atoms with Gasteiger partial charge < -0.3 is 16.0 Å². The summed E-state index contributed by atoms with van der Waals surface area (Å²) < 4.78 is 1.78. The molecule has 7 heteroatoms. The average Bonchev–Trinajstić information content (AvgIpc) is 3.04. The largest absolute Gasteiger partial charge is 0.338 e. The van der Waals surface area contributed by atoms with E-state index in [2.05, 4.69) is 62.2 Å². The molecule has 0 spiro atoms. The molecule has 2 aromatic carbocycles. The SMILES string of the molecule is Cc1ccccc1Nc1ncc2c(Nc3ccc4c(c3)CNCC4)nn(C)c2n1. The molecule has 0 aliphatic carbocycles. The van der Waals surface area contributed by atoms with Gasteiger partial charge in [-0.3, -0.25) is 0 Å². The molecule has 0 radical (unpaired) electrons. The summed E-state index contributed by atoms with van der Waals surface area (Å²) in [5.74, 6) is 1.31. The van der Waals surface area contributed by atoms with Crippen LogP contribution in [0.5, 0.6) is 0 Å². The van der Waals surface area contributed by atoms with E-state index >= 15 is 0 Å². The van der Waals surface area contributed by atoms with Crippen LogP contribution in [0.2, 0.25) is 0 Å². The van der Waals surface area contributed by atoms with Crippen LogP contribution in [-0.2, 0) is 20.0 Å². The number of aromatic nitrogens is 4. The fourth-order valence-corrected chi connectivity index (χ4v) is 3.72. The van der Waals surface area contributed by atoms with Crippen LogP contribution in [0.15, 0.2) is 48.7 Å². The molecule has 0 saturated carbocycles. The number of hydrogen-bond donors (Lipinski definition) is 3. The van der Waals surface area contributed by atoms with Crippen molar-refractivity contribution in [2.75, 3.05) is 17.2 Å². The Bertz CT molecular complexity index is 1200. The molecule has 3 N–H and O–H groups in total. The van der Waals surface area contributed by atoms with Crippen LogP contribution in [0.4, 0.5) is 23.1 Å². The van der Waals surface area contributed by atoms with Gasteiger partial charge in [0.15, 0.2) is 11.5 Å². The summed E-state index contributed by atoms with van der Waals surface area (Å²) in [6, 6.07) is 14.6. The summed E-state index contributed by atoms with van der Waals surface area (Å²) in [6.45, 7) is 4.01. The zero-order chi connectivity index (χ0) is 19.8. The maximum Gasteiger partial charge on any atom is 0.229 e. The summed E-state index contributed by atoms with van der Waals surface area (Å²) in [6.07, 6.45) is 2.89. The van der Waals surface area contributed by atoms with E-state index in [0.717, 1.165) is 53.3 Å². The van der Waals surface area contributed by atoms with E-state index in [1.54, 1.807) is 4.68 Å². The van der Waals surface area contributed by atoms with Crippen LogP contribution in [0.1, 0.15) is 16.7 Å². The molecule has 4 aromatic rings. The first-order chi connectivity index (χ1) is 14.2. The second-order valence-electron chi connectivity index (χ2n) is 7.38. The summed E-state index contributed by atoms with van der Waals surface area (Å²) in [4.78, 5) is 9.18. The van der Waals surface area contributed by atoms with E-state index in [9.17, 15) is 0 Å². The van der Waals surface area contributed by atoms with Gasteiger partial charge in [0.05, 0.1) is 5.39 Å². The highest BCUT2D eigenvalue weighted by Gasteiger charge is 2.14. The van der Waals surface area contributed by atoms with Gasteiger partial charge in [0, 0.05) is 31.2 Å². The number of aryl methyl sites for hydroxylation is 2. The van der Waals surface area contributed by atoms with Gasteiger partial charge in [-0.05, 0) is 54.8 Å². The van der Waals surface area contributed by atoms with Crippen LogP contribution < -0.4 is 16.0 Å². The van der Waals surface area contributed by atoms with Crippen molar-refractivity contribution in [3.63, 3.8) is 0 Å². The summed E-state index contributed by atoms with van der Waals surface area (Å²) in [5.41, 5.74) is 6.69. The first-order valence-corrected chi connectivity index (χ1v) is 9.79. The van der Waals surface area contributed by atoms with Gasteiger partial charge in [0.1, 0.15) is 0 Å². The summed E-state index contributed by atoms with van der Waals surface area (Å²) in [5, 5.41) is 15.7. The molecule has 0 unspecified atom stereocenters. The fourth-order valence-electron chi connectivity index (χ4n) is 3.72. The van der Waals surface area contributed by atoms with Gasteiger partial charge in [-0.25, -0.2) is 9.67 Å². The third kappa shape index (κ3) is 3.40. The lowest BCUT2D eigenvalue weighted by Gasteiger charge is -2.18. The molecule has 0 bridgehead atoms. The van der Waals surface area contributed by atoms with Gasteiger partial charge in [-0.15, -0.1) is 0 Å². The Kier molecular flexibility index (Phi) is 4.37. The zero-order valence-corrected chi connectivity index (χ0v) is 16.5. The van der Waals surface area contributed by atoms with Crippen LogP contribution in [0, 0.1) is 6.92 Å². The van der Waals surface area contributed by atoms with E-state index < -0.39 is 0 Å². The molecular formula is C22H23N7. The first kappa shape index (κ1) is 17.6. The quantitative estimate of drug-likeness (QED) is 0.496. The smallest absolute Gasteiger partial charge is 0.229 e. The minimum Gasteiger partial charge on any atom is -0.338 e. The molecule has 146 valence electrons. The van der Waals surface area contributed by atoms with E-state index in [-0.39, 0.29) is 0 Å². The van der Waals surface area contributed by atoms with Gasteiger partial charge in [-0.1, -0.05) is 24.3 Å². The minimum atomic E-state index is 0.557. The van der Waals surface area contributed by atoms with Crippen molar-refractivity contribution >= 4 is 34.2 Å². The van der Waals surface area contributed by atoms with Crippen molar-refractivity contribution in [3.05, 3.63) is 65.4 Å². The molecule has 1 aliphatic heterocycles.